The molecule has 2 aromatic carbocycles. The first-order valence-corrected chi connectivity index (χ1v) is 11.2. The molecule has 0 saturated carbocycles. The lowest BCUT2D eigenvalue weighted by atomic mass is 9.94. The molecule has 3 rings (SSSR count). The van der Waals surface area contributed by atoms with E-state index in [1.165, 1.54) is 5.56 Å². The average Bonchev–Trinajstić information content (AvgIpc) is 2.76. The first-order valence-electron chi connectivity index (χ1n) is 10.8. The molecule has 0 aromatic heterocycles. The van der Waals surface area contributed by atoms with Crippen LogP contribution in [0.1, 0.15) is 49.4 Å². The maximum Gasteiger partial charge on any atom is 0.255 e. The van der Waals surface area contributed by atoms with Gasteiger partial charge in [-0.1, -0.05) is 25.5 Å². The van der Waals surface area contributed by atoms with Crippen LogP contribution >= 0.6 is 12.2 Å². The molecule has 2 aromatic rings. The largest absolute Gasteiger partial charge is 0.493 e. The van der Waals surface area contributed by atoms with Crippen molar-refractivity contribution in [2.75, 3.05) is 19.0 Å². The number of rotatable bonds is 8. The Kier molecular flexibility index (Phi) is 7.75. The van der Waals surface area contributed by atoms with Crippen LogP contribution in [0.5, 0.6) is 11.5 Å². The van der Waals surface area contributed by atoms with Gasteiger partial charge >= 0.3 is 0 Å². The summed E-state index contributed by atoms with van der Waals surface area (Å²) < 4.78 is 11.4. The Morgan fingerprint density at radius 2 is 1.88 bits per heavy atom. The topological polar surface area (TPSA) is 71.6 Å². The van der Waals surface area contributed by atoms with Crippen LogP contribution in [0.25, 0.3) is 0 Å². The van der Waals surface area contributed by atoms with Gasteiger partial charge in [-0.25, -0.2) is 0 Å². The van der Waals surface area contributed by atoms with Gasteiger partial charge in [0.2, 0.25) is 0 Å². The number of unbranched alkanes of at least 4 members (excludes halogenated alkanes) is 1. The van der Waals surface area contributed by atoms with Crippen molar-refractivity contribution in [1.29, 1.82) is 0 Å². The van der Waals surface area contributed by atoms with E-state index in [2.05, 4.69) is 22.9 Å². The zero-order valence-corrected chi connectivity index (χ0v) is 20.1. The third-order valence-corrected chi connectivity index (χ3v) is 5.77. The highest BCUT2D eigenvalue weighted by atomic mass is 32.1. The van der Waals surface area contributed by atoms with Crippen molar-refractivity contribution in [1.82, 2.24) is 10.6 Å². The second-order valence-corrected chi connectivity index (χ2v) is 8.34. The SMILES string of the molecule is CCCCOc1ccc([C@H]2NC(=S)NC(C)=C2C(=O)Nc2ccc(C)c(C)c2)cc1OC. The highest BCUT2D eigenvalue weighted by molar-refractivity contribution is 7.80. The molecule has 1 atom stereocenters. The number of hydrogen-bond acceptors (Lipinski definition) is 4. The van der Waals surface area contributed by atoms with Crippen LogP contribution in [0.2, 0.25) is 0 Å². The molecule has 3 N–H and O–H groups in total. The Morgan fingerprint density at radius 1 is 1.09 bits per heavy atom. The van der Waals surface area contributed by atoms with Gasteiger partial charge in [0.25, 0.3) is 5.91 Å². The van der Waals surface area contributed by atoms with Crippen molar-refractivity contribution in [3.8, 4) is 11.5 Å². The minimum Gasteiger partial charge on any atom is -0.493 e. The van der Waals surface area contributed by atoms with Gasteiger partial charge in [0.05, 0.1) is 25.3 Å². The number of hydrogen-bond donors (Lipinski definition) is 3. The molecule has 7 heteroatoms. The van der Waals surface area contributed by atoms with E-state index in [9.17, 15) is 4.79 Å². The number of amides is 1. The molecule has 1 aliphatic heterocycles. The average molecular weight is 454 g/mol. The lowest BCUT2D eigenvalue weighted by Gasteiger charge is -2.30. The maximum atomic E-state index is 13.3. The van der Waals surface area contributed by atoms with Crippen LogP contribution in [-0.4, -0.2) is 24.7 Å². The van der Waals surface area contributed by atoms with Gasteiger partial charge in [0.15, 0.2) is 16.6 Å². The summed E-state index contributed by atoms with van der Waals surface area (Å²) in [6.07, 6.45) is 2.03. The van der Waals surface area contributed by atoms with E-state index < -0.39 is 6.04 Å². The smallest absolute Gasteiger partial charge is 0.255 e. The fraction of sp³-hybridized carbons (Fsp3) is 0.360. The standard InChI is InChI=1S/C25H31N3O3S/c1-6-7-12-31-20-11-9-18(14-21(20)30-5)23-22(17(4)26-25(32)28-23)24(29)27-19-10-8-15(2)16(3)13-19/h8-11,13-14,23H,6-7,12H2,1-5H3,(H,27,29)(H2,26,28,32)/t23-/m1/s1. The molecule has 170 valence electrons. The molecule has 0 fully saturated rings. The van der Waals surface area contributed by atoms with E-state index in [-0.39, 0.29) is 5.91 Å². The lowest BCUT2D eigenvalue weighted by Crippen LogP contribution is -2.45. The first kappa shape index (κ1) is 23.6. The molecule has 1 amide bonds. The molecule has 32 heavy (non-hydrogen) atoms. The number of nitrogens with one attached hydrogen (secondary N) is 3. The van der Waals surface area contributed by atoms with Crippen molar-refractivity contribution in [3.05, 3.63) is 64.4 Å². The highest BCUT2D eigenvalue weighted by Crippen LogP contribution is 2.34. The summed E-state index contributed by atoms with van der Waals surface area (Å²) in [5.41, 5.74) is 5.19. The molecule has 1 aliphatic rings. The summed E-state index contributed by atoms with van der Waals surface area (Å²) in [5, 5.41) is 9.80. The van der Waals surface area contributed by atoms with E-state index in [1.807, 2.05) is 57.2 Å². The van der Waals surface area contributed by atoms with Crippen LogP contribution in [0.4, 0.5) is 5.69 Å². The number of ether oxygens (including phenoxy) is 2. The summed E-state index contributed by atoms with van der Waals surface area (Å²) in [6.45, 7) is 8.67. The minimum absolute atomic E-state index is 0.194. The van der Waals surface area contributed by atoms with Crippen molar-refractivity contribution >= 4 is 28.9 Å². The van der Waals surface area contributed by atoms with Crippen LogP contribution in [0, 0.1) is 13.8 Å². The molecule has 0 aliphatic carbocycles. The number of anilines is 1. The predicted molar refractivity (Wildman–Crippen MR) is 132 cm³/mol. The van der Waals surface area contributed by atoms with Crippen molar-refractivity contribution in [3.63, 3.8) is 0 Å². The van der Waals surface area contributed by atoms with Crippen molar-refractivity contribution < 1.29 is 14.3 Å². The van der Waals surface area contributed by atoms with Gasteiger partial charge in [0.1, 0.15) is 0 Å². The molecular formula is C25H31N3O3S. The predicted octanol–water partition coefficient (Wildman–Crippen LogP) is 4.92. The number of carbonyl (C=O) groups excluding carboxylic acids is 1. The molecule has 0 bridgehead atoms. The van der Waals surface area contributed by atoms with Gasteiger partial charge < -0.3 is 25.4 Å². The summed E-state index contributed by atoms with van der Waals surface area (Å²) in [7, 11) is 1.61. The second-order valence-electron chi connectivity index (χ2n) is 7.94. The molecule has 0 radical (unpaired) electrons. The van der Waals surface area contributed by atoms with E-state index in [0.717, 1.165) is 29.7 Å². The monoisotopic (exact) mass is 453 g/mol. The summed E-state index contributed by atoms with van der Waals surface area (Å²) in [6, 6.07) is 11.2. The highest BCUT2D eigenvalue weighted by Gasteiger charge is 2.30. The maximum absolute atomic E-state index is 13.3. The number of benzene rings is 2. The minimum atomic E-state index is -0.422. The zero-order valence-electron chi connectivity index (χ0n) is 19.3. The van der Waals surface area contributed by atoms with E-state index in [0.29, 0.717) is 34.5 Å². The Hall–Kier alpha value is -3.06. The second kappa shape index (κ2) is 10.5. The Balaban J connectivity index is 1.91. The Labute approximate surface area is 195 Å². The van der Waals surface area contributed by atoms with Gasteiger partial charge in [-0.3, -0.25) is 4.79 Å². The van der Waals surface area contributed by atoms with Gasteiger partial charge in [-0.05, 0) is 80.4 Å². The molecule has 6 nitrogen and oxygen atoms in total. The van der Waals surface area contributed by atoms with Crippen molar-refractivity contribution in [2.24, 2.45) is 0 Å². The number of thiocarbonyl (C=S) groups is 1. The van der Waals surface area contributed by atoms with E-state index in [4.69, 9.17) is 21.7 Å². The first-order chi connectivity index (χ1) is 15.3. The number of carbonyl (C=O) groups is 1. The van der Waals surface area contributed by atoms with Gasteiger partial charge in [-0.15, -0.1) is 0 Å². The fourth-order valence-electron chi connectivity index (χ4n) is 3.57. The number of methoxy groups -OCH3 is 1. The number of allylic oxidation sites excluding steroid dienone is 1. The normalized spacial score (nSPS) is 15.7. The lowest BCUT2D eigenvalue weighted by molar-refractivity contribution is -0.113. The molecule has 1 heterocycles. The van der Waals surface area contributed by atoms with Crippen LogP contribution in [0.15, 0.2) is 47.7 Å². The van der Waals surface area contributed by atoms with Crippen LogP contribution < -0.4 is 25.4 Å². The molecule has 0 saturated heterocycles. The summed E-state index contributed by atoms with van der Waals surface area (Å²) in [5.74, 6) is 1.11. The zero-order chi connectivity index (χ0) is 23.3. The number of aryl methyl sites for hydroxylation is 2. The Morgan fingerprint density at radius 3 is 2.56 bits per heavy atom. The van der Waals surface area contributed by atoms with Crippen LogP contribution in [0.3, 0.4) is 0 Å². The Bertz CT molecular complexity index is 1050. The summed E-state index contributed by atoms with van der Waals surface area (Å²) >= 11 is 5.37. The quantitative estimate of drug-likeness (QED) is 0.389. The third kappa shape index (κ3) is 5.40. The third-order valence-electron chi connectivity index (χ3n) is 5.56. The van der Waals surface area contributed by atoms with Crippen molar-refractivity contribution in [2.45, 2.75) is 46.6 Å². The van der Waals surface area contributed by atoms with Gasteiger partial charge in [-0.2, -0.15) is 0 Å². The molecule has 0 spiro atoms. The van der Waals surface area contributed by atoms with Gasteiger partial charge in [0, 0.05) is 11.4 Å². The summed E-state index contributed by atoms with van der Waals surface area (Å²) in [4.78, 5) is 13.3. The molecular weight excluding hydrogens is 422 g/mol. The molecule has 0 unspecified atom stereocenters. The fourth-order valence-corrected chi connectivity index (χ4v) is 3.84. The van der Waals surface area contributed by atoms with E-state index in [1.54, 1.807) is 7.11 Å². The van der Waals surface area contributed by atoms with Crippen LogP contribution in [-0.2, 0) is 4.79 Å². The van der Waals surface area contributed by atoms with E-state index >= 15 is 0 Å².